The number of alkyl halides is 3. The van der Waals surface area contributed by atoms with Gasteiger partial charge in [0.2, 0.25) is 0 Å². The smallest absolute Gasteiger partial charge is 0.399 e. The van der Waals surface area contributed by atoms with Crippen molar-refractivity contribution >= 4 is 0 Å². The van der Waals surface area contributed by atoms with E-state index < -0.39 is 11.7 Å². The second-order valence-corrected chi connectivity index (χ2v) is 2.56. The van der Waals surface area contributed by atoms with E-state index in [9.17, 15) is 13.2 Å². The summed E-state index contributed by atoms with van der Waals surface area (Å²) in [6.07, 6.45) is 0.0649. The number of nitrogens with two attached hydrogens (primary N) is 1. The molecular weight excluding hydrogens is 215 g/mol. The average molecular weight is 233 g/mol. The Morgan fingerprint density at radius 3 is 2.06 bits per heavy atom. The lowest BCUT2D eigenvalue weighted by molar-refractivity contribution is -0.0929. The zero-order valence-electron chi connectivity index (χ0n) is 9.64. The molecule has 1 nitrogen and oxygen atoms in total. The van der Waals surface area contributed by atoms with Crippen LogP contribution in [0, 0.1) is 0 Å². The van der Waals surface area contributed by atoms with Crippen LogP contribution in [0.3, 0.4) is 0 Å². The first-order valence-corrected chi connectivity index (χ1v) is 4.88. The molecule has 0 amide bonds. The van der Waals surface area contributed by atoms with Crippen LogP contribution in [0.4, 0.5) is 13.2 Å². The van der Waals surface area contributed by atoms with Crippen LogP contribution < -0.4 is 5.73 Å². The van der Waals surface area contributed by atoms with Crippen LogP contribution in [0.2, 0.25) is 0 Å². The highest BCUT2D eigenvalue weighted by molar-refractivity contribution is 5.27. The van der Waals surface area contributed by atoms with Gasteiger partial charge in [-0.2, -0.15) is 13.2 Å². The zero-order chi connectivity index (χ0) is 13.2. The van der Waals surface area contributed by atoms with Crippen molar-refractivity contribution in [1.82, 2.24) is 0 Å². The molecule has 0 spiro atoms. The second kappa shape index (κ2) is 8.83. The monoisotopic (exact) mass is 233 g/mol. The maximum Gasteiger partial charge on any atom is 0.413 e. The predicted molar refractivity (Wildman–Crippen MR) is 62.8 cm³/mol. The third kappa shape index (κ3) is 7.91. The quantitative estimate of drug-likeness (QED) is 0.574. The summed E-state index contributed by atoms with van der Waals surface area (Å²) in [4.78, 5) is 0. The zero-order valence-corrected chi connectivity index (χ0v) is 9.64. The van der Waals surface area contributed by atoms with Gasteiger partial charge < -0.3 is 5.73 Å². The normalized spacial score (nSPS) is 12.6. The average Bonchev–Trinajstić information content (AvgIpc) is 2.19. The van der Waals surface area contributed by atoms with Crippen molar-refractivity contribution in [3.63, 3.8) is 0 Å². The lowest BCUT2D eigenvalue weighted by atomic mass is 10.1. The van der Waals surface area contributed by atoms with Crippen molar-refractivity contribution in [2.24, 2.45) is 5.73 Å². The molecule has 0 aromatic carbocycles. The van der Waals surface area contributed by atoms with Gasteiger partial charge in [-0.05, 0) is 18.6 Å². The number of hydrogen-bond donors (Lipinski definition) is 1. The fourth-order valence-corrected chi connectivity index (χ4v) is 0.797. The Morgan fingerprint density at radius 1 is 1.25 bits per heavy atom. The fourth-order valence-electron chi connectivity index (χ4n) is 0.797. The third-order valence-corrected chi connectivity index (χ3v) is 1.38. The molecule has 4 heteroatoms. The summed E-state index contributed by atoms with van der Waals surface area (Å²) in [5.74, 6) is 0. The minimum atomic E-state index is -4.37. The first-order chi connectivity index (χ1) is 7.41. The van der Waals surface area contributed by atoms with Gasteiger partial charge in [-0.15, -0.1) is 6.58 Å². The molecule has 0 radical (unpaired) electrons. The molecule has 0 heterocycles. The van der Waals surface area contributed by atoms with Crippen molar-refractivity contribution in [1.29, 1.82) is 0 Å². The van der Waals surface area contributed by atoms with Gasteiger partial charge in [0.1, 0.15) is 0 Å². The molecule has 0 aliphatic heterocycles. The number of allylic oxidation sites excluding steroid dienone is 5. The summed E-state index contributed by atoms with van der Waals surface area (Å²) in [7, 11) is 0. The molecule has 0 bridgehead atoms. The van der Waals surface area contributed by atoms with Crippen LogP contribution in [0.1, 0.15) is 20.3 Å². The maximum atomic E-state index is 12.3. The topological polar surface area (TPSA) is 26.0 Å². The molecule has 0 aromatic rings. The van der Waals surface area contributed by atoms with Crippen molar-refractivity contribution < 1.29 is 13.2 Å². The van der Waals surface area contributed by atoms with Crippen LogP contribution in [0.5, 0.6) is 0 Å². The molecule has 0 aliphatic rings. The van der Waals surface area contributed by atoms with Gasteiger partial charge in [0, 0.05) is 11.3 Å². The molecule has 0 saturated heterocycles. The molecule has 0 aromatic heterocycles. The molecular formula is C12H18F3N. The molecule has 0 rings (SSSR count). The highest BCUT2D eigenvalue weighted by atomic mass is 19.4. The lowest BCUT2D eigenvalue weighted by Crippen LogP contribution is -2.12. The van der Waals surface area contributed by atoms with Crippen molar-refractivity contribution in [2.75, 3.05) is 0 Å². The number of rotatable bonds is 4. The van der Waals surface area contributed by atoms with E-state index in [1.54, 1.807) is 0 Å². The Hall–Kier alpha value is -1.45. The van der Waals surface area contributed by atoms with E-state index in [0.717, 1.165) is 6.08 Å². The minimum Gasteiger partial charge on any atom is -0.399 e. The third-order valence-electron chi connectivity index (χ3n) is 1.38. The minimum absolute atomic E-state index is 0.0224. The van der Waals surface area contributed by atoms with Gasteiger partial charge in [-0.25, -0.2) is 0 Å². The Bertz CT molecular complexity index is 272. The highest BCUT2D eigenvalue weighted by Crippen LogP contribution is 2.28. The van der Waals surface area contributed by atoms with Crippen molar-refractivity contribution in [2.45, 2.75) is 26.4 Å². The van der Waals surface area contributed by atoms with E-state index in [1.807, 2.05) is 13.8 Å². The van der Waals surface area contributed by atoms with E-state index in [1.165, 1.54) is 18.2 Å². The van der Waals surface area contributed by atoms with Crippen molar-refractivity contribution in [3.8, 4) is 0 Å². The lowest BCUT2D eigenvalue weighted by Gasteiger charge is -2.09. The molecule has 2 N–H and O–H groups in total. The van der Waals surface area contributed by atoms with Gasteiger partial charge in [-0.1, -0.05) is 32.6 Å². The Kier molecular flexibility index (Phi) is 9.36. The van der Waals surface area contributed by atoms with Crippen LogP contribution in [0.15, 0.2) is 48.7 Å². The van der Waals surface area contributed by atoms with Gasteiger partial charge in [0.05, 0.1) is 0 Å². The molecule has 92 valence electrons. The fraction of sp³-hybridized carbons (Fsp3) is 0.333. The Labute approximate surface area is 94.8 Å². The molecule has 0 atom stereocenters. The summed E-state index contributed by atoms with van der Waals surface area (Å²) >= 11 is 0. The molecule has 0 unspecified atom stereocenters. The van der Waals surface area contributed by atoms with Crippen LogP contribution >= 0.6 is 0 Å². The largest absolute Gasteiger partial charge is 0.413 e. The summed E-state index contributed by atoms with van der Waals surface area (Å²) in [5.41, 5.74) is 4.59. The first kappa shape index (κ1) is 17.0. The van der Waals surface area contributed by atoms with E-state index in [2.05, 4.69) is 13.2 Å². The number of halogens is 3. The summed E-state index contributed by atoms with van der Waals surface area (Å²) in [6.45, 7) is 10.6. The first-order valence-electron chi connectivity index (χ1n) is 4.88. The maximum absolute atomic E-state index is 12.3. The summed E-state index contributed by atoms with van der Waals surface area (Å²) in [5, 5.41) is 0. The predicted octanol–water partition coefficient (Wildman–Crippen LogP) is 4.11. The summed E-state index contributed by atoms with van der Waals surface area (Å²) < 4.78 is 36.8. The van der Waals surface area contributed by atoms with Crippen LogP contribution in [-0.4, -0.2) is 6.18 Å². The second-order valence-electron chi connectivity index (χ2n) is 2.56. The summed E-state index contributed by atoms with van der Waals surface area (Å²) in [6, 6.07) is 0. The molecule has 0 aliphatic carbocycles. The SMILES string of the molecule is C=C/C=C(N)\C=C(/CC=C)C(F)(F)F.CC. The molecule has 0 fully saturated rings. The molecule has 0 saturated carbocycles. The number of hydrogen-bond acceptors (Lipinski definition) is 1. The highest BCUT2D eigenvalue weighted by Gasteiger charge is 2.32. The van der Waals surface area contributed by atoms with E-state index >= 15 is 0 Å². The van der Waals surface area contributed by atoms with E-state index in [-0.39, 0.29) is 12.1 Å². The Morgan fingerprint density at radius 2 is 1.75 bits per heavy atom. The molecule has 16 heavy (non-hydrogen) atoms. The van der Waals surface area contributed by atoms with E-state index in [0.29, 0.717) is 0 Å². The van der Waals surface area contributed by atoms with Gasteiger partial charge in [0.15, 0.2) is 0 Å². The van der Waals surface area contributed by atoms with Gasteiger partial charge in [-0.3, -0.25) is 0 Å². The van der Waals surface area contributed by atoms with Crippen LogP contribution in [-0.2, 0) is 0 Å². The van der Waals surface area contributed by atoms with Crippen molar-refractivity contribution in [3.05, 3.63) is 48.7 Å². The van der Waals surface area contributed by atoms with Gasteiger partial charge in [0.25, 0.3) is 0 Å². The van der Waals surface area contributed by atoms with Gasteiger partial charge >= 0.3 is 6.18 Å². The van der Waals surface area contributed by atoms with E-state index in [4.69, 9.17) is 5.73 Å². The standard InChI is InChI=1S/C10H12F3N.C2H6/c1-3-5-8(10(11,12)13)7-9(14)6-4-2;1-2/h3-4,6-7H,1-2,5,14H2;1-2H3/b8-7+,9-6+;. The Balaban J connectivity index is 0. The van der Waals surface area contributed by atoms with Crippen LogP contribution in [0.25, 0.3) is 0 Å².